The van der Waals surface area contributed by atoms with Crippen LogP contribution in [0.1, 0.15) is 37.5 Å². The molecule has 0 unspecified atom stereocenters. The molecule has 156 valence electrons. The molecular formula is C21H32N2O5. The predicted octanol–water partition coefficient (Wildman–Crippen LogP) is 1.98. The van der Waals surface area contributed by atoms with Crippen LogP contribution in [0.4, 0.5) is 5.69 Å². The fraction of sp³-hybridized carbons (Fsp3) is 0.619. The smallest absolute Gasteiger partial charge is 0.332 e. The number of benzene rings is 1. The molecule has 0 atom stereocenters. The molecule has 0 aromatic heterocycles. The lowest BCUT2D eigenvalue weighted by atomic mass is 9.98. The van der Waals surface area contributed by atoms with Gasteiger partial charge in [-0.1, -0.05) is 0 Å². The number of carbonyl (C=O) groups excluding carboxylic acids is 2. The average Bonchev–Trinajstić information content (AvgIpc) is 2.63. The molecule has 1 heterocycles. The van der Waals surface area contributed by atoms with Gasteiger partial charge in [0.15, 0.2) is 0 Å². The number of hydrogen-bond acceptors (Lipinski definition) is 7. The summed E-state index contributed by atoms with van der Waals surface area (Å²) in [6.07, 6.45) is 0.210. The summed E-state index contributed by atoms with van der Waals surface area (Å²) < 4.78 is 15.7. The van der Waals surface area contributed by atoms with Crippen molar-refractivity contribution < 1.29 is 23.8 Å². The number of ether oxygens (including phenoxy) is 3. The first-order chi connectivity index (χ1) is 13.2. The maximum Gasteiger partial charge on any atom is 0.332 e. The summed E-state index contributed by atoms with van der Waals surface area (Å²) in [5.74, 6) is -0.667. The molecule has 1 fully saturated rings. The Kier molecular flexibility index (Phi) is 7.83. The molecule has 28 heavy (non-hydrogen) atoms. The molecule has 7 nitrogen and oxygen atoms in total. The highest BCUT2D eigenvalue weighted by Gasteiger charge is 2.18. The van der Waals surface area contributed by atoms with Gasteiger partial charge in [-0.3, -0.25) is 4.79 Å². The van der Waals surface area contributed by atoms with E-state index in [2.05, 4.69) is 22.3 Å². The number of methoxy groups -OCH3 is 1. The van der Waals surface area contributed by atoms with Crippen molar-refractivity contribution in [2.75, 3.05) is 44.8 Å². The zero-order valence-corrected chi connectivity index (χ0v) is 17.6. The molecule has 1 saturated heterocycles. The van der Waals surface area contributed by atoms with E-state index in [9.17, 15) is 9.59 Å². The van der Waals surface area contributed by atoms with Gasteiger partial charge in [0.25, 0.3) is 0 Å². The zero-order valence-electron chi connectivity index (χ0n) is 17.6. The third-order valence-electron chi connectivity index (χ3n) is 4.55. The van der Waals surface area contributed by atoms with Crippen molar-refractivity contribution in [1.82, 2.24) is 5.32 Å². The highest BCUT2D eigenvalue weighted by Crippen LogP contribution is 2.25. The van der Waals surface area contributed by atoms with Gasteiger partial charge in [0.1, 0.15) is 12.2 Å². The summed E-state index contributed by atoms with van der Waals surface area (Å²) in [6, 6.07) is 4.13. The normalized spacial score (nSPS) is 14.7. The Morgan fingerprint density at radius 3 is 2.36 bits per heavy atom. The van der Waals surface area contributed by atoms with Crippen molar-refractivity contribution in [3.63, 3.8) is 0 Å². The van der Waals surface area contributed by atoms with Gasteiger partial charge in [-0.15, -0.1) is 0 Å². The van der Waals surface area contributed by atoms with Gasteiger partial charge in [-0.25, -0.2) is 4.79 Å². The number of rotatable bonds is 7. The average molecular weight is 392 g/mol. The van der Waals surface area contributed by atoms with Crippen LogP contribution >= 0.6 is 0 Å². The van der Waals surface area contributed by atoms with Crippen molar-refractivity contribution in [2.24, 2.45) is 0 Å². The van der Waals surface area contributed by atoms with Gasteiger partial charge < -0.3 is 24.4 Å². The molecule has 0 saturated carbocycles. The van der Waals surface area contributed by atoms with Crippen molar-refractivity contribution in [2.45, 2.75) is 46.3 Å². The Hall–Kier alpha value is -2.12. The second-order valence-electron chi connectivity index (χ2n) is 7.96. The molecule has 1 aliphatic rings. The van der Waals surface area contributed by atoms with E-state index in [1.54, 1.807) is 0 Å². The fourth-order valence-electron chi connectivity index (χ4n) is 3.10. The van der Waals surface area contributed by atoms with Crippen molar-refractivity contribution >= 4 is 17.6 Å². The molecule has 1 aromatic carbocycles. The number of esters is 2. The monoisotopic (exact) mass is 392 g/mol. The quantitative estimate of drug-likeness (QED) is 0.711. The van der Waals surface area contributed by atoms with E-state index in [0.717, 1.165) is 48.6 Å². The van der Waals surface area contributed by atoms with E-state index in [1.807, 2.05) is 27.7 Å². The first kappa shape index (κ1) is 22.2. The van der Waals surface area contributed by atoms with Gasteiger partial charge >= 0.3 is 11.9 Å². The Balaban J connectivity index is 2.15. The summed E-state index contributed by atoms with van der Waals surface area (Å²) in [5.41, 5.74) is 3.37. The van der Waals surface area contributed by atoms with E-state index in [4.69, 9.17) is 14.2 Å². The number of nitrogens with one attached hydrogen (secondary N) is 1. The SMILES string of the molecule is COC(=O)Cc1cc(N2CCNCC2)cc(COCC(=O)OC(C)(C)C)c1C. The van der Waals surface area contributed by atoms with Crippen LogP contribution in [-0.2, 0) is 36.8 Å². The highest BCUT2D eigenvalue weighted by atomic mass is 16.6. The second-order valence-corrected chi connectivity index (χ2v) is 7.96. The lowest BCUT2D eigenvalue weighted by Crippen LogP contribution is -2.43. The van der Waals surface area contributed by atoms with Gasteiger partial charge in [0.2, 0.25) is 0 Å². The summed E-state index contributed by atoms with van der Waals surface area (Å²) in [4.78, 5) is 26.0. The topological polar surface area (TPSA) is 77.1 Å². The largest absolute Gasteiger partial charge is 0.469 e. The number of anilines is 1. The van der Waals surface area contributed by atoms with Crippen LogP contribution in [0, 0.1) is 6.92 Å². The third-order valence-corrected chi connectivity index (χ3v) is 4.55. The Morgan fingerprint density at radius 2 is 1.75 bits per heavy atom. The van der Waals surface area contributed by atoms with Crippen LogP contribution in [0.25, 0.3) is 0 Å². The predicted molar refractivity (Wildman–Crippen MR) is 107 cm³/mol. The van der Waals surface area contributed by atoms with Gasteiger partial charge in [0.05, 0.1) is 20.1 Å². The van der Waals surface area contributed by atoms with E-state index < -0.39 is 11.6 Å². The first-order valence-electron chi connectivity index (χ1n) is 9.64. The summed E-state index contributed by atoms with van der Waals surface area (Å²) in [7, 11) is 1.39. The lowest BCUT2D eigenvalue weighted by molar-refractivity contribution is -0.160. The second kappa shape index (κ2) is 9.89. The summed E-state index contributed by atoms with van der Waals surface area (Å²) in [5, 5.41) is 3.34. The van der Waals surface area contributed by atoms with E-state index in [0.29, 0.717) is 0 Å². The molecular weight excluding hydrogens is 360 g/mol. The minimum Gasteiger partial charge on any atom is -0.469 e. The molecule has 0 aliphatic carbocycles. The molecule has 7 heteroatoms. The van der Waals surface area contributed by atoms with Crippen molar-refractivity contribution in [3.8, 4) is 0 Å². The number of hydrogen-bond donors (Lipinski definition) is 1. The van der Waals surface area contributed by atoms with Gasteiger partial charge in [-0.2, -0.15) is 0 Å². The van der Waals surface area contributed by atoms with Crippen LogP contribution in [-0.4, -0.2) is 57.4 Å². The number of nitrogens with zero attached hydrogens (tertiary/aromatic N) is 1. The van der Waals surface area contributed by atoms with Gasteiger partial charge in [0, 0.05) is 31.9 Å². The number of carbonyl (C=O) groups is 2. The Bertz CT molecular complexity index is 691. The minimum absolute atomic E-state index is 0.110. The summed E-state index contributed by atoms with van der Waals surface area (Å²) >= 11 is 0. The third kappa shape index (κ3) is 6.80. The lowest BCUT2D eigenvalue weighted by Gasteiger charge is -2.30. The molecule has 1 aromatic rings. The molecule has 1 aliphatic heterocycles. The van der Waals surface area contributed by atoms with E-state index in [1.165, 1.54) is 7.11 Å². The van der Waals surface area contributed by atoms with Crippen LogP contribution in [0.15, 0.2) is 12.1 Å². The highest BCUT2D eigenvalue weighted by molar-refractivity contribution is 5.74. The molecule has 1 N–H and O–H groups in total. The first-order valence-corrected chi connectivity index (χ1v) is 9.64. The Labute approximate surface area is 167 Å². The van der Waals surface area contributed by atoms with Crippen LogP contribution in [0.3, 0.4) is 0 Å². The molecule has 0 bridgehead atoms. The number of piperazine rings is 1. The van der Waals surface area contributed by atoms with Crippen molar-refractivity contribution in [3.05, 3.63) is 28.8 Å². The maximum absolute atomic E-state index is 11.9. The van der Waals surface area contributed by atoms with Crippen molar-refractivity contribution in [1.29, 1.82) is 0 Å². The molecule has 0 amide bonds. The van der Waals surface area contributed by atoms with E-state index in [-0.39, 0.29) is 25.6 Å². The van der Waals surface area contributed by atoms with E-state index >= 15 is 0 Å². The van der Waals surface area contributed by atoms with Gasteiger partial charge in [-0.05, 0) is 56.5 Å². The van der Waals surface area contributed by atoms with Crippen LogP contribution < -0.4 is 10.2 Å². The molecule has 0 spiro atoms. The summed E-state index contributed by atoms with van der Waals surface area (Å²) in [6.45, 7) is 11.3. The van der Waals surface area contributed by atoms with Crippen LogP contribution in [0.5, 0.6) is 0 Å². The molecule has 2 rings (SSSR count). The minimum atomic E-state index is -0.535. The fourth-order valence-corrected chi connectivity index (χ4v) is 3.10. The standard InChI is InChI=1S/C21H32N2O5/c1-15-16(12-19(24)26-5)10-18(23-8-6-22-7-9-23)11-17(15)13-27-14-20(25)28-21(2,3)4/h10-11,22H,6-9,12-14H2,1-5H3. The molecule has 0 radical (unpaired) electrons. The zero-order chi connectivity index (χ0) is 20.7. The Morgan fingerprint density at radius 1 is 1.11 bits per heavy atom. The van der Waals surface area contributed by atoms with Crippen LogP contribution in [0.2, 0.25) is 0 Å². The maximum atomic E-state index is 11.9.